The summed E-state index contributed by atoms with van der Waals surface area (Å²) in [4.78, 5) is 4.24. The molecule has 2 unspecified atom stereocenters. The molecule has 0 saturated carbocycles. The molecule has 0 aliphatic carbocycles. The number of pyridine rings is 1. The summed E-state index contributed by atoms with van der Waals surface area (Å²) in [6.07, 6.45) is 3.71. The van der Waals surface area contributed by atoms with E-state index in [1.54, 1.807) is 6.20 Å². The minimum atomic E-state index is -0.187. The standard InChI is InChI=1S/C9H11N5/c10-9-12-6-4-5-2-1-3-11-7(5)13-8(6)14-9/h1-4,8-9,12,14H,10H2,(H,11,13). The number of fused-ring (bicyclic) bond motifs is 2. The second-order valence-electron chi connectivity index (χ2n) is 3.41. The summed E-state index contributed by atoms with van der Waals surface area (Å²) in [5.74, 6) is 0.893. The fourth-order valence-electron chi connectivity index (χ4n) is 1.78. The maximum atomic E-state index is 5.71. The van der Waals surface area contributed by atoms with E-state index in [4.69, 9.17) is 5.73 Å². The average Bonchev–Trinajstić information content (AvgIpc) is 2.53. The lowest BCUT2D eigenvalue weighted by atomic mass is 10.1. The third-order valence-electron chi connectivity index (χ3n) is 2.41. The highest BCUT2D eigenvalue weighted by molar-refractivity contribution is 5.70. The largest absolute Gasteiger partial charge is 0.358 e. The van der Waals surface area contributed by atoms with Gasteiger partial charge in [0, 0.05) is 11.8 Å². The van der Waals surface area contributed by atoms with Crippen LogP contribution in [0.2, 0.25) is 0 Å². The fourth-order valence-corrected chi connectivity index (χ4v) is 1.78. The van der Waals surface area contributed by atoms with Crippen molar-refractivity contribution in [3.8, 4) is 0 Å². The molecule has 3 heterocycles. The zero-order valence-corrected chi connectivity index (χ0v) is 7.49. The molecule has 1 saturated heterocycles. The van der Waals surface area contributed by atoms with Gasteiger partial charge in [-0.3, -0.25) is 11.1 Å². The lowest BCUT2D eigenvalue weighted by Gasteiger charge is -2.20. The minimum Gasteiger partial charge on any atom is -0.358 e. The maximum Gasteiger partial charge on any atom is 0.134 e. The van der Waals surface area contributed by atoms with Crippen molar-refractivity contribution in [2.24, 2.45) is 5.73 Å². The lowest BCUT2D eigenvalue weighted by Crippen LogP contribution is -2.43. The van der Waals surface area contributed by atoms with Crippen molar-refractivity contribution in [3.63, 3.8) is 0 Å². The topological polar surface area (TPSA) is 75.0 Å². The number of hydrogen-bond acceptors (Lipinski definition) is 5. The maximum absolute atomic E-state index is 5.71. The zero-order chi connectivity index (χ0) is 9.54. The number of aromatic nitrogens is 1. The van der Waals surface area contributed by atoms with Gasteiger partial charge in [-0.15, -0.1) is 0 Å². The zero-order valence-electron chi connectivity index (χ0n) is 7.49. The van der Waals surface area contributed by atoms with Crippen LogP contribution in [0, 0.1) is 0 Å². The summed E-state index contributed by atoms with van der Waals surface area (Å²) in [5.41, 5.74) is 7.86. The number of nitrogens with zero attached hydrogens (tertiary/aromatic N) is 1. The Hall–Kier alpha value is -1.59. The molecule has 1 aromatic rings. The van der Waals surface area contributed by atoms with E-state index in [0.717, 1.165) is 17.1 Å². The van der Waals surface area contributed by atoms with Crippen LogP contribution in [-0.4, -0.2) is 17.4 Å². The number of nitrogens with two attached hydrogens (primary N) is 1. The summed E-state index contributed by atoms with van der Waals surface area (Å²) in [5, 5.41) is 9.53. The highest BCUT2D eigenvalue weighted by Crippen LogP contribution is 2.24. The van der Waals surface area contributed by atoms with E-state index in [-0.39, 0.29) is 12.5 Å². The molecule has 2 aliphatic heterocycles. The second-order valence-corrected chi connectivity index (χ2v) is 3.41. The molecular formula is C9H11N5. The Labute approximate surface area is 81.4 Å². The molecule has 5 heteroatoms. The van der Waals surface area contributed by atoms with Crippen molar-refractivity contribution >= 4 is 11.9 Å². The van der Waals surface area contributed by atoms with Crippen molar-refractivity contribution in [2.45, 2.75) is 12.5 Å². The summed E-state index contributed by atoms with van der Waals surface area (Å²) >= 11 is 0. The highest BCUT2D eigenvalue weighted by atomic mass is 15.4. The quantitative estimate of drug-likeness (QED) is 0.447. The van der Waals surface area contributed by atoms with Gasteiger partial charge < -0.3 is 10.6 Å². The molecule has 1 fully saturated rings. The normalized spacial score (nSPS) is 28.2. The van der Waals surface area contributed by atoms with Gasteiger partial charge in [-0.25, -0.2) is 4.98 Å². The van der Waals surface area contributed by atoms with Gasteiger partial charge in [0.1, 0.15) is 18.3 Å². The first-order valence-electron chi connectivity index (χ1n) is 4.54. The Balaban J connectivity index is 2.03. The van der Waals surface area contributed by atoms with Crippen LogP contribution in [0.1, 0.15) is 5.56 Å². The molecule has 5 N–H and O–H groups in total. The highest BCUT2D eigenvalue weighted by Gasteiger charge is 2.28. The van der Waals surface area contributed by atoms with Crippen molar-refractivity contribution in [1.82, 2.24) is 15.6 Å². The van der Waals surface area contributed by atoms with Gasteiger partial charge in [-0.1, -0.05) is 0 Å². The first-order chi connectivity index (χ1) is 6.83. The van der Waals surface area contributed by atoms with Gasteiger partial charge >= 0.3 is 0 Å². The molecule has 2 aliphatic rings. The van der Waals surface area contributed by atoms with E-state index in [0.29, 0.717) is 0 Å². The van der Waals surface area contributed by atoms with Crippen molar-refractivity contribution in [1.29, 1.82) is 0 Å². The van der Waals surface area contributed by atoms with Crippen LogP contribution in [0.25, 0.3) is 6.08 Å². The summed E-state index contributed by atoms with van der Waals surface area (Å²) in [6.45, 7) is 0. The monoisotopic (exact) mass is 189 g/mol. The Bertz CT molecular complexity index is 400. The van der Waals surface area contributed by atoms with Gasteiger partial charge in [0.05, 0.1) is 5.70 Å². The molecule has 0 amide bonds. The molecule has 5 nitrogen and oxygen atoms in total. The van der Waals surface area contributed by atoms with E-state index >= 15 is 0 Å². The number of nitrogens with one attached hydrogen (secondary N) is 3. The van der Waals surface area contributed by atoms with E-state index < -0.39 is 0 Å². The molecule has 0 aromatic carbocycles. The van der Waals surface area contributed by atoms with Crippen LogP contribution in [0.5, 0.6) is 0 Å². The summed E-state index contributed by atoms with van der Waals surface area (Å²) in [7, 11) is 0. The molecule has 3 rings (SSSR count). The molecular weight excluding hydrogens is 178 g/mol. The van der Waals surface area contributed by atoms with Gasteiger partial charge in [0.15, 0.2) is 0 Å². The van der Waals surface area contributed by atoms with Crippen LogP contribution >= 0.6 is 0 Å². The first kappa shape index (κ1) is 7.78. The van der Waals surface area contributed by atoms with Crippen LogP contribution in [0.4, 0.5) is 5.82 Å². The van der Waals surface area contributed by atoms with Crippen LogP contribution in [-0.2, 0) is 0 Å². The van der Waals surface area contributed by atoms with Gasteiger partial charge in [0.2, 0.25) is 0 Å². The third-order valence-corrected chi connectivity index (χ3v) is 2.41. The molecule has 0 radical (unpaired) electrons. The Kier molecular flexibility index (Phi) is 1.50. The first-order valence-corrected chi connectivity index (χ1v) is 4.54. The summed E-state index contributed by atoms with van der Waals surface area (Å²) < 4.78 is 0. The lowest BCUT2D eigenvalue weighted by molar-refractivity contribution is 0.556. The number of anilines is 1. The van der Waals surface area contributed by atoms with Crippen LogP contribution in [0.3, 0.4) is 0 Å². The number of hydrogen-bond donors (Lipinski definition) is 4. The smallest absolute Gasteiger partial charge is 0.134 e. The Morgan fingerprint density at radius 3 is 3.21 bits per heavy atom. The predicted octanol–water partition coefficient (Wildman–Crippen LogP) is -0.391. The predicted molar refractivity (Wildman–Crippen MR) is 53.9 cm³/mol. The van der Waals surface area contributed by atoms with E-state index in [1.165, 1.54) is 0 Å². The van der Waals surface area contributed by atoms with Gasteiger partial charge in [-0.2, -0.15) is 0 Å². The average molecular weight is 189 g/mol. The van der Waals surface area contributed by atoms with Crippen molar-refractivity contribution in [3.05, 3.63) is 29.6 Å². The second kappa shape index (κ2) is 2.70. The van der Waals surface area contributed by atoms with Crippen LogP contribution < -0.4 is 21.7 Å². The molecule has 2 atom stereocenters. The summed E-state index contributed by atoms with van der Waals surface area (Å²) in [6, 6.07) is 3.93. The Morgan fingerprint density at radius 1 is 1.36 bits per heavy atom. The van der Waals surface area contributed by atoms with Crippen molar-refractivity contribution < 1.29 is 0 Å². The van der Waals surface area contributed by atoms with E-state index in [2.05, 4.69) is 27.0 Å². The SMILES string of the molecule is NC1NC2=Cc3cccnc3NC2N1. The van der Waals surface area contributed by atoms with E-state index in [9.17, 15) is 0 Å². The Morgan fingerprint density at radius 2 is 2.29 bits per heavy atom. The fraction of sp³-hybridized carbons (Fsp3) is 0.222. The van der Waals surface area contributed by atoms with Gasteiger partial charge in [0.25, 0.3) is 0 Å². The molecule has 14 heavy (non-hydrogen) atoms. The van der Waals surface area contributed by atoms with Gasteiger partial charge in [-0.05, 0) is 18.2 Å². The number of rotatable bonds is 0. The molecule has 72 valence electrons. The molecule has 0 spiro atoms. The van der Waals surface area contributed by atoms with Crippen LogP contribution in [0.15, 0.2) is 24.0 Å². The van der Waals surface area contributed by atoms with E-state index in [1.807, 2.05) is 12.1 Å². The third kappa shape index (κ3) is 1.07. The minimum absolute atomic E-state index is 0.0624. The molecule has 0 bridgehead atoms. The molecule has 1 aromatic heterocycles. The van der Waals surface area contributed by atoms with Crippen molar-refractivity contribution in [2.75, 3.05) is 5.32 Å².